The molecule has 1 aromatic rings. The average Bonchev–Trinajstić information content (AvgIpc) is 3.24. The third-order valence-electron chi connectivity index (χ3n) is 4.04. The van der Waals surface area contributed by atoms with Gasteiger partial charge in [-0.05, 0) is 55.8 Å². The monoisotopic (exact) mass is 261 g/mol. The smallest absolute Gasteiger partial charge is 0.122 e. The molecule has 0 radical (unpaired) electrons. The van der Waals surface area contributed by atoms with Gasteiger partial charge in [0.25, 0.3) is 0 Å². The number of ether oxygens (including phenoxy) is 1. The molecule has 1 aliphatic rings. The normalized spacial score (nSPS) is 16.4. The molecule has 19 heavy (non-hydrogen) atoms. The molecule has 1 aromatic carbocycles. The summed E-state index contributed by atoms with van der Waals surface area (Å²) in [5.41, 5.74) is 2.58. The van der Waals surface area contributed by atoms with E-state index in [0.717, 1.165) is 18.2 Å². The van der Waals surface area contributed by atoms with E-state index in [9.17, 15) is 0 Å². The van der Waals surface area contributed by atoms with Crippen LogP contribution in [0, 0.1) is 12.8 Å². The molecular formula is C17H27NO. The number of hydrogen-bond donors (Lipinski definition) is 1. The van der Waals surface area contributed by atoms with Crippen molar-refractivity contribution < 1.29 is 4.74 Å². The van der Waals surface area contributed by atoms with Crippen LogP contribution in [0.5, 0.6) is 5.75 Å². The molecule has 0 heterocycles. The Morgan fingerprint density at radius 2 is 2.16 bits per heavy atom. The van der Waals surface area contributed by atoms with Crippen LogP contribution < -0.4 is 10.1 Å². The third kappa shape index (κ3) is 4.24. The lowest BCUT2D eigenvalue weighted by Crippen LogP contribution is -2.22. The van der Waals surface area contributed by atoms with Crippen molar-refractivity contribution in [2.75, 3.05) is 13.7 Å². The highest BCUT2D eigenvalue weighted by atomic mass is 16.5. The molecule has 1 atom stereocenters. The first kappa shape index (κ1) is 14.4. The van der Waals surface area contributed by atoms with Crippen molar-refractivity contribution in [2.45, 2.75) is 52.0 Å². The van der Waals surface area contributed by atoms with Crippen LogP contribution in [0.15, 0.2) is 18.2 Å². The predicted molar refractivity (Wildman–Crippen MR) is 80.7 cm³/mol. The molecule has 106 valence electrons. The minimum Gasteiger partial charge on any atom is -0.496 e. The third-order valence-corrected chi connectivity index (χ3v) is 4.04. The Morgan fingerprint density at radius 3 is 2.79 bits per heavy atom. The van der Waals surface area contributed by atoms with E-state index in [1.54, 1.807) is 7.11 Å². The molecule has 0 saturated heterocycles. The summed E-state index contributed by atoms with van der Waals surface area (Å²) in [5.74, 6) is 2.01. The molecule has 2 rings (SSSR count). The number of hydrogen-bond acceptors (Lipinski definition) is 2. The highest BCUT2D eigenvalue weighted by molar-refractivity contribution is 5.37. The second-order valence-electron chi connectivity index (χ2n) is 5.76. The summed E-state index contributed by atoms with van der Waals surface area (Å²) in [4.78, 5) is 0. The van der Waals surface area contributed by atoms with E-state index in [1.165, 1.54) is 43.2 Å². The second-order valence-corrected chi connectivity index (χ2v) is 5.76. The summed E-state index contributed by atoms with van der Waals surface area (Å²) >= 11 is 0. The number of benzene rings is 1. The van der Waals surface area contributed by atoms with Gasteiger partial charge in [-0.25, -0.2) is 0 Å². The van der Waals surface area contributed by atoms with Gasteiger partial charge in [-0.3, -0.25) is 0 Å². The van der Waals surface area contributed by atoms with Gasteiger partial charge in [0.05, 0.1) is 7.11 Å². The van der Waals surface area contributed by atoms with Crippen molar-refractivity contribution in [3.8, 4) is 5.75 Å². The van der Waals surface area contributed by atoms with Crippen LogP contribution in [-0.4, -0.2) is 13.7 Å². The zero-order valence-electron chi connectivity index (χ0n) is 12.5. The van der Waals surface area contributed by atoms with Gasteiger partial charge in [-0.1, -0.05) is 31.9 Å². The van der Waals surface area contributed by atoms with Gasteiger partial charge in [-0.2, -0.15) is 0 Å². The summed E-state index contributed by atoms with van der Waals surface area (Å²) in [5, 5.41) is 3.68. The highest BCUT2D eigenvalue weighted by Gasteiger charge is 2.23. The van der Waals surface area contributed by atoms with E-state index >= 15 is 0 Å². The van der Waals surface area contributed by atoms with Crippen molar-refractivity contribution in [3.05, 3.63) is 29.3 Å². The largest absolute Gasteiger partial charge is 0.496 e. The van der Waals surface area contributed by atoms with Gasteiger partial charge in [0.15, 0.2) is 0 Å². The summed E-state index contributed by atoms with van der Waals surface area (Å²) < 4.78 is 5.45. The number of aryl methyl sites for hydroxylation is 1. The lowest BCUT2D eigenvalue weighted by Gasteiger charge is -2.20. The molecule has 1 N–H and O–H groups in total. The van der Waals surface area contributed by atoms with Crippen LogP contribution in [0.2, 0.25) is 0 Å². The maximum absolute atomic E-state index is 5.45. The maximum Gasteiger partial charge on any atom is 0.122 e. The van der Waals surface area contributed by atoms with E-state index < -0.39 is 0 Å². The standard InChI is InChI=1S/C17H27NO/c1-4-11-18-16(10-8-14-6-7-14)15-9-5-13(2)17(12-15)19-3/h5,9,12,14,16,18H,4,6-8,10-11H2,1-3H3. The Balaban J connectivity index is 2.05. The summed E-state index contributed by atoms with van der Waals surface area (Å²) in [6.07, 6.45) is 6.67. The van der Waals surface area contributed by atoms with E-state index in [0.29, 0.717) is 6.04 Å². The van der Waals surface area contributed by atoms with Crippen molar-refractivity contribution in [1.82, 2.24) is 5.32 Å². The van der Waals surface area contributed by atoms with Crippen LogP contribution in [-0.2, 0) is 0 Å². The van der Waals surface area contributed by atoms with Crippen LogP contribution in [0.25, 0.3) is 0 Å². The van der Waals surface area contributed by atoms with Crippen LogP contribution in [0.3, 0.4) is 0 Å². The molecule has 0 spiro atoms. The van der Waals surface area contributed by atoms with E-state index in [2.05, 4.69) is 37.4 Å². The van der Waals surface area contributed by atoms with Gasteiger partial charge < -0.3 is 10.1 Å². The Kier molecular flexibility index (Phi) is 5.26. The fraction of sp³-hybridized carbons (Fsp3) is 0.647. The van der Waals surface area contributed by atoms with Crippen molar-refractivity contribution in [2.24, 2.45) is 5.92 Å². The zero-order chi connectivity index (χ0) is 13.7. The van der Waals surface area contributed by atoms with Crippen molar-refractivity contribution in [3.63, 3.8) is 0 Å². The quantitative estimate of drug-likeness (QED) is 0.756. The number of methoxy groups -OCH3 is 1. The first-order valence-electron chi connectivity index (χ1n) is 7.62. The summed E-state index contributed by atoms with van der Waals surface area (Å²) in [6.45, 7) is 5.41. The maximum atomic E-state index is 5.45. The Hall–Kier alpha value is -1.02. The first-order valence-corrected chi connectivity index (χ1v) is 7.62. The summed E-state index contributed by atoms with van der Waals surface area (Å²) in [7, 11) is 1.75. The van der Waals surface area contributed by atoms with E-state index in [-0.39, 0.29) is 0 Å². The fourth-order valence-electron chi connectivity index (χ4n) is 2.57. The van der Waals surface area contributed by atoms with E-state index in [4.69, 9.17) is 4.74 Å². The molecule has 1 aliphatic carbocycles. The Labute approximate surface area is 117 Å². The SMILES string of the molecule is CCCNC(CCC1CC1)c1ccc(C)c(OC)c1. The average molecular weight is 261 g/mol. The zero-order valence-corrected chi connectivity index (χ0v) is 12.5. The minimum absolute atomic E-state index is 0.482. The molecule has 0 bridgehead atoms. The molecule has 2 heteroatoms. The Bertz CT molecular complexity index is 398. The van der Waals surface area contributed by atoms with Crippen molar-refractivity contribution >= 4 is 0 Å². The van der Waals surface area contributed by atoms with Gasteiger partial charge in [0.1, 0.15) is 5.75 Å². The van der Waals surface area contributed by atoms with E-state index in [1.807, 2.05) is 0 Å². The van der Waals surface area contributed by atoms with Gasteiger partial charge in [0.2, 0.25) is 0 Å². The lowest BCUT2D eigenvalue weighted by atomic mass is 9.98. The minimum atomic E-state index is 0.482. The topological polar surface area (TPSA) is 21.3 Å². The van der Waals surface area contributed by atoms with Crippen LogP contribution >= 0.6 is 0 Å². The molecule has 0 amide bonds. The lowest BCUT2D eigenvalue weighted by molar-refractivity contribution is 0.408. The molecule has 1 fully saturated rings. The van der Waals surface area contributed by atoms with Crippen LogP contribution in [0.1, 0.15) is 56.2 Å². The second kappa shape index (κ2) is 6.95. The summed E-state index contributed by atoms with van der Waals surface area (Å²) in [6, 6.07) is 7.11. The highest BCUT2D eigenvalue weighted by Crippen LogP contribution is 2.36. The Morgan fingerprint density at radius 1 is 1.37 bits per heavy atom. The molecule has 0 aromatic heterocycles. The number of nitrogens with one attached hydrogen (secondary N) is 1. The molecule has 1 saturated carbocycles. The predicted octanol–water partition coefficient (Wildman–Crippen LogP) is 4.23. The van der Waals surface area contributed by atoms with Gasteiger partial charge in [0, 0.05) is 6.04 Å². The van der Waals surface area contributed by atoms with Crippen molar-refractivity contribution in [1.29, 1.82) is 0 Å². The fourth-order valence-corrected chi connectivity index (χ4v) is 2.57. The van der Waals surface area contributed by atoms with Gasteiger partial charge in [-0.15, -0.1) is 0 Å². The molecule has 1 unspecified atom stereocenters. The van der Waals surface area contributed by atoms with Crippen LogP contribution in [0.4, 0.5) is 0 Å². The molecule has 2 nitrogen and oxygen atoms in total. The number of rotatable bonds is 8. The van der Waals surface area contributed by atoms with Gasteiger partial charge >= 0.3 is 0 Å². The molecule has 0 aliphatic heterocycles. The molecular weight excluding hydrogens is 234 g/mol. The first-order chi connectivity index (χ1) is 9.24.